The minimum Gasteiger partial charge on any atom is -0.378 e. The zero-order valence-corrected chi connectivity index (χ0v) is 21.3. The van der Waals surface area contributed by atoms with E-state index < -0.39 is 0 Å². The maximum atomic E-state index is 4.21. The largest absolute Gasteiger partial charge is 0.378 e. The molecule has 5 heteroatoms. The van der Waals surface area contributed by atoms with Crippen molar-refractivity contribution in [2.24, 2.45) is 0 Å². The summed E-state index contributed by atoms with van der Waals surface area (Å²) in [4.78, 5) is 4.21. The molecule has 186 valence electrons. The van der Waals surface area contributed by atoms with Crippen molar-refractivity contribution in [3.05, 3.63) is 127 Å². The topological polar surface area (TPSA) is 58.5 Å². The summed E-state index contributed by atoms with van der Waals surface area (Å²) in [6.07, 6.45) is 1.53. The number of nitrogens with zero attached hydrogens (tertiary/aromatic N) is 3. The first-order chi connectivity index (χ1) is 18.8. The normalized spacial score (nSPS) is 11.0. The number of aromatic amines is 1. The van der Waals surface area contributed by atoms with Crippen LogP contribution in [0.1, 0.15) is 12.7 Å². The molecule has 0 aliphatic heterocycles. The second-order valence-electron chi connectivity index (χ2n) is 9.18. The van der Waals surface area contributed by atoms with Crippen LogP contribution in [0, 0.1) is 0 Å². The first kappa shape index (κ1) is 23.5. The fourth-order valence-electron chi connectivity index (χ4n) is 5.10. The molecule has 0 saturated carbocycles. The smallest absolute Gasteiger partial charge is 0.143 e. The third-order valence-electron chi connectivity index (χ3n) is 6.85. The van der Waals surface area contributed by atoms with E-state index in [0.717, 1.165) is 23.6 Å². The van der Waals surface area contributed by atoms with Crippen LogP contribution in [-0.2, 0) is 13.1 Å². The van der Waals surface area contributed by atoms with Gasteiger partial charge in [-0.25, -0.2) is 4.98 Å². The van der Waals surface area contributed by atoms with Gasteiger partial charge in [0, 0.05) is 29.1 Å². The molecule has 38 heavy (non-hydrogen) atoms. The van der Waals surface area contributed by atoms with Crippen molar-refractivity contribution in [1.29, 1.82) is 0 Å². The Kier molecular flexibility index (Phi) is 6.56. The monoisotopic (exact) mass is 495 g/mol. The summed E-state index contributed by atoms with van der Waals surface area (Å²) < 4.78 is 2.45. The van der Waals surface area contributed by atoms with E-state index in [1.807, 2.05) is 0 Å². The van der Waals surface area contributed by atoms with Gasteiger partial charge in [-0.3, -0.25) is 5.10 Å². The minimum atomic E-state index is 0.588. The standard InChI is InChI=1S/C33H29N5/c1-2-38-31(21-30(24-12-5-3-6-13-24)33(38)25-14-7-4-8-15-25)29-19-10-9-18-28(29)26-16-11-17-27(20-26)34-22-32-35-23-36-37-32/h3-21,23,34H,2,22H2,1H3,(H,35,36,37). The predicted octanol–water partition coefficient (Wildman–Crippen LogP) is 7.91. The van der Waals surface area contributed by atoms with Gasteiger partial charge in [-0.15, -0.1) is 0 Å². The van der Waals surface area contributed by atoms with E-state index in [1.165, 1.54) is 45.5 Å². The van der Waals surface area contributed by atoms with E-state index in [1.54, 1.807) is 0 Å². The van der Waals surface area contributed by atoms with Crippen LogP contribution < -0.4 is 5.32 Å². The SMILES string of the molecule is CCn1c(-c2ccccc2-c2cccc(NCc3ncn[nH]3)c2)cc(-c2ccccc2)c1-c1ccccc1. The number of nitrogens with one attached hydrogen (secondary N) is 2. The lowest BCUT2D eigenvalue weighted by Crippen LogP contribution is -2.02. The minimum absolute atomic E-state index is 0.588. The molecular formula is C33H29N5. The Balaban J connectivity index is 1.48. The van der Waals surface area contributed by atoms with Crippen LogP contribution in [0.15, 0.2) is 122 Å². The van der Waals surface area contributed by atoms with Gasteiger partial charge in [-0.2, -0.15) is 5.10 Å². The average molecular weight is 496 g/mol. The van der Waals surface area contributed by atoms with Crippen molar-refractivity contribution in [2.75, 3.05) is 5.32 Å². The fourth-order valence-corrected chi connectivity index (χ4v) is 5.10. The maximum Gasteiger partial charge on any atom is 0.143 e. The van der Waals surface area contributed by atoms with E-state index in [4.69, 9.17) is 0 Å². The number of H-pyrrole nitrogens is 1. The lowest BCUT2D eigenvalue weighted by Gasteiger charge is -2.16. The van der Waals surface area contributed by atoms with E-state index >= 15 is 0 Å². The van der Waals surface area contributed by atoms with Gasteiger partial charge in [0.2, 0.25) is 0 Å². The van der Waals surface area contributed by atoms with E-state index in [0.29, 0.717) is 6.54 Å². The second-order valence-corrected chi connectivity index (χ2v) is 9.18. The highest BCUT2D eigenvalue weighted by Crippen LogP contribution is 2.42. The van der Waals surface area contributed by atoms with Crippen molar-refractivity contribution >= 4 is 5.69 Å². The molecule has 0 atom stereocenters. The molecule has 6 rings (SSSR count). The Hall–Kier alpha value is -4.90. The number of hydrogen-bond acceptors (Lipinski definition) is 3. The summed E-state index contributed by atoms with van der Waals surface area (Å²) >= 11 is 0. The number of hydrogen-bond donors (Lipinski definition) is 2. The third kappa shape index (κ3) is 4.62. The highest BCUT2D eigenvalue weighted by atomic mass is 15.2. The highest BCUT2D eigenvalue weighted by Gasteiger charge is 2.20. The summed E-state index contributed by atoms with van der Waals surface area (Å²) in [6, 6.07) is 41.0. The molecule has 0 spiro atoms. The molecule has 0 aliphatic rings. The average Bonchev–Trinajstić information content (AvgIpc) is 3.65. The molecule has 2 aromatic heterocycles. The van der Waals surface area contributed by atoms with Crippen LogP contribution in [0.25, 0.3) is 44.8 Å². The van der Waals surface area contributed by atoms with Gasteiger partial charge in [0.15, 0.2) is 0 Å². The first-order valence-electron chi connectivity index (χ1n) is 12.9. The molecule has 2 N–H and O–H groups in total. The summed E-state index contributed by atoms with van der Waals surface area (Å²) in [5.74, 6) is 0.804. The van der Waals surface area contributed by atoms with Gasteiger partial charge in [0.1, 0.15) is 12.2 Å². The maximum absolute atomic E-state index is 4.21. The van der Waals surface area contributed by atoms with E-state index in [-0.39, 0.29) is 0 Å². The first-order valence-corrected chi connectivity index (χ1v) is 12.9. The number of anilines is 1. The Labute approximate surface area is 222 Å². The quantitative estimate of drug-likeness (QED) is 0.226. The summed E-state index contributed by atoms with van der Waals surface area (Å²) in [5, 5.41) is 10.3. The molecule has 0 bridgehead atoms. The van der Waals surface area contributed by atoms with Crippen molar-refractivity contribution in [3.63, 3.8) is 0 Å². The molecule has 0 saturated heterocycles. The van der Waals surface area contributed by atoms with Crippen LogP contribution in [0.2, 0.25) is 0 Å². The Bertz CT molecular complexity index is 1630. The van der Waals surface area contributed by atoms with E-state index in [9.17, 15) is 0 Å². The van der Waals surface area contributed by atoms with Crippen LogP contribution >= 0.6 is 0 Å². The lowest BCUT2D eigenvalue weighted by atomic mass is 9.96. The Morgan fingerprint density at radius 2 is 1.37 bits per heavy atom. The molecule has 2 heterocycles. The molecule has 0 amide bonds. The van der Waals surface area contributed by atoms with Gasteiger partial charge in [0.25, 0.3) is 0 Å². The van der Waals surface area contributed by atoms with Crippen LogP contribution in [0.3, 0.4) is 0 Å². The Morgan fingerprint density at radius 3 is 2.08 bits per heavy atom. The van der Waals surface area contributed by atoms with Crippen LogP contribution in [-0.4, -0.2) is 19.7 Å². The molecular weight excluding hydrogens is 466 g/mol. The molecule has 0 aliphatic carbocycles. The summed E-state index contributed by atoms with van der Waals surface area (Å²) in [5.41, 5.74) is 10.7. The highest BCUT2D eigenvalue weighted by molar-refractivity contribution is 5.91. The van der Waals surface area contributed by atoms with Crippen molar-refractivity contribution in [1.82, 2.24) is 19.7 Å². The Morgan fingerprint density at radius 1 is 0.684 bits per heavy atom. The molecule has 6 aromatic rings. The second kappa shape index (κ2) is 10.6. The lowest BCUT2D eigenvalue weighted by molar-refractivity contribution is 0.785. The predicted molar refractivity (Wildman–Crippen MR) is 156 cm³/mol. The van der Waals surface area contributed by atoms with Crippen molar-refractivity contribution in [3.8, 4) is 44.8 Å². The van der Waals surface area contributed by atoms with Gasteiger partial charge in [0.05, 0.1) is 12.2 Å². The number of rotatable bonds is 8. The number of benzene rings is 4. The van der Waals surface area contributed by atoms with Crippen LogP contribution in [0.5, 0.6) is 0 Å². The molecule has 0 fully saturated rings. The van der Waals surface area contributed by atoms with Gasteiger partial charge < -0.3 is 9.88 Å². The van der Waals surface area contributed by atoms with Crippen molar-refractivity contribution in [2.45, 2.75) is 20.0 Å². The molecule has 0 unspecified atom stereocenters. The van der Waals surface area contributed by atoms with E-state index in [2.05, 4.69) is 147 Å². The molecule has 0 radical (unpaired) electrons. The zero-order chi connectivity index (χ0) is 25.7. The van der Waals surface area contributed by atoms with Gasteiger partial charge in [-0.05, 0) is 47.4 Å². The number of aromatic nitrogens is 4. The zero-order valence-electron chi connectivity index (χ0n) is 21.3. The third-order valence-corrected chi connectivity index (χ3v) is 6.85. The van der Waals surface area contributed by atoms with Gasteiger partial charge >= 0.3 is 0 Å². The summed E-state index contributed by atoms with van der Waals surface area (Å²) in [7, 11) is 0. The van der Waals surface area contributed by atoms with Crippen molar-refractivity contribution < 1.29 is 0 Å². The molecule has 4 aromatic carbocycles. The summed E-state index contributed by atoms with van der Waals surface area (Å²) in [6.45, 7) is 3.67. The van der Waals surface area contributed by atoms with Crippen LogP contribution in [0.4, 0.5) is 5.69 Å². The van der Waals surface area contributed by atoms with Gasteiger partial charge in [-0.1, -0.05) is 97.1 Å². The molecule has 5 nitrogen and oxygen atoms in total. The fraction of sp³-hybridized carbons (Fsp3) is 0.0909.